The number of amides is 1. The molecule has 0 aliphatic heterocycles. The molecule has 33 heavy (non-hydrogen) atoms. The van der Waals surface area contributed by atoms with Crippen molar-refractivity contribution in [2.45, 2.75) is 33.2 Å². The van der Waals surface area contributed by atoms with Crippen LogP contribution in [0.3, 0.4) is 0 Å². The van der Waals surface area contributed by atoms with E-state index in [0.717, 1.165) is 11.2 Å². The fraction of sp³-hybridized carbons (Fsp3) is 0.318. The summed E-state index contributed by atoms with van der Waals surface area (Å²) in [7, 11) is 1.85. The fourth-order valence-electron chi connectivity index (χ4n) is 3.41. The first-order valence-corrected chi connectivity index (χ1v) is 10.5. The third-order valence-corrected chi connectivity index (χ3v) is 4.92. The largest absolute Gasteiger partial charge is 0.455 e. The predicted molar refractivity (Wildman–Crippen MR) is 123 cm³/mol. The Kier molecular flexibility index (Phi) is 6.20. The molecule has 0 aliphatic carbocycles. The van der Waals surface area contributed by atoms with E-state index in [9.17, 15) is 9.18 Å². The van der Waals surface area contributed by atoms with Gasteiger partial charge in [0.05, 0.1) is 18.3 Å². The van der Waals surface area contributed by atoms with Gasteiger partial charge in [0.1, 0.15) is 24.0 Å². The van der Waals surface area contributed by atoms with E-state index in [0.29, 0.717) is 34.7 Å². The van der Waals surface area contributed by atoms with Crippen LogP contribution in [0.15, 0.2) is 36.7 Å². The molecule has 10 nitrogen and oxygen atoms in total. The van der Waals surface area contributed by atoms with Crippen LogP contribution in [0.1, 0.15) is 32.4 Å². The smallest absolute Gasteiger partial charge is 0.222 e. The van der Waals surface area contributed by atoms with Gasteiger partial charge < -0.3 is 19.9 Å². The van der Waals surface area contributed by atoms with E-state index in [4.69, 9.17) is 4.74 Å². The molecule has 0 saturated heterocycles. The second-order valence-electron chi connectivity index (χ2n) is 7.81. The number of hydrogen-bond acceptors (Lipinski definition) is 7. The van der Waals surface area contributed by atoms with E-state index in [1.54, 1.807) is 29.2 Å². The minimum Gasteiger partial charge on any atom is -0.455 e. The number of rotatable bonds is 8. The average Bonchev–Trinajstić information content (AvgIpc) is 3.29. The van der Waals surface area contributed by atoms with E-state index < -0.39 is 6.67 Å². The van der Waals surface area contributed by atoms with Crippen LogP contribution in [-0.4, -0.2) is 41.9 Å². The Balaban J connectivity index is 1.58. The molecule has 0 saturated carbocycles. The van der Waals surface area contributed by atoms with Gasteiger partial charge in [-0.2, -0.15) is 10.1 Å². The van der Waals surface area contributed by atoms with Crippen LogP contribution < -0.4 is 15.4 Å². The van der Waals surface area contributed by atoms with Crippen LogP contribution in [0.4, 0.5) is 22.0 Å². The van der Waals surface area contributed by atoms with E-state index >= 15 is 0 Å². The van der Waals surface area contributed by atoms with Crippen LogP contribution in [0.5, 0.6) is 11.5 Å². The third kappa shape index (κ3) is 4.92. The summed E-state index contributed by atoms with van der Waals surface area (Å²) in [6, 6.07) is 7.03. The first-order chi connectivity index (χ1) is 15.8. The van der Waals surface area contributed by atoms with Crippen molar-refractivity contribution in [1.82, 2.24) is 29.3 Å². The Bertz CT molecular complexity index is 1300. The summed E-state index contributed by atoms with van der Waals surface area (Å²) < 4.78 is 22.3. The van der Waals surface area contributed by atoms with Crippen LogP contribution in [0, 0.1) is 0 Å². The minimum atomic E-state index is -0.483. The lowest BCUT2D eigenvalue weighted by Crippen LogP contribution is -2.08. The molecule has 0 aromatic carbocycles. The van der Waals surface area contributed by atoms with Gasteiger partial charge in [0.2, 0.25) is 11.9 Å². The van der Waals surface area contributed by atoms with Crippen molar-refractivity contribution in [2.75, 3.05) is 17.3 Å². The SMILES string of the molecule is CC(=O)Nc1cc(Oc2cnc3nc(Nc4cc(C(C)C)n(CCF)n4)n(C)c3c2)ccn1. The Labute approximate surface area is 189 Å². The van der Waals surface area contributed by atoms with Gasteiger partial charge in [0.15, 0.2) is 11.5 Å². The molecule has 0 spiro atoms. The quantitative estimate of drug-likeness (QED) is 0.413. The second kappa shape index (κ2) is 9.23. The summed E-state index contributed by atoms with van der Waals surface area (Å²) in [6.45, 7) is 5.22. The van der Waals surface area contributed by atoms with Gasteiger partial charge in [-0.3, -0.25) is 9.48 Å². The van der Waals surface area contributed by atoms with Crippen molar-refractivity contribution in [1.29, 1.82) is 0 Å². The molecule has 4 aromatic heterocycles. The van der Waals surface area contributed by atoms with Gasteiger partial charge in [-0.05, 0) is 12.0 Å². The number of carbonyl (C=O) groups excluding carboxylic acids is 1. The average molecular weight is 452 g/mol. The van der Waals surface area contributed by atoms with Crippen molar-refractivity contribution in [3.05, 3.63) is 42.4 Å². The first kappa shape index (κ1) is 22.2. The molecule has 2 N–H and O–H groups in total. The number of fused-ring (bicyclic) bond motifs is 1. The first-order valence-electron chi connectivity index (χ1n) is 10.5. The molecule has 4 aromatic rings. The van der Waals surface area contributed by atoms with Gasteiger partial charge in [0, 0.05) is 44.1 Å². The number of aryl methyl sites for hydroxylation is 2. The highest BCUT2D eigenvalue weighted by atomic mass is 19.1. The zero-order valence-corrected chi connectivity index (χ0v) is 18.8. The summed E-state index contributed by atoms with van der Waals surface area (Å²) in [4.78, 5) is 24.3. The second-order valence-corrected chi connectivity index (χ2v) is 7.81. The Morgan fingerprint density at radius 1 is 1.18 bits per heavy atom. The van der Waals surface area contributed by atoms with Crippen molar-refractivity contribution in [3.8, 4) is 11.5 Å². The summed E-state index contributed by atoms with van der Waals surface area (Å²) in [6.07, 6.45) is 3.12. The zero-order valence-electron chi connectivity index (χ0n) is 18.8. The Morgan fingerprint density at radius 3 is 2.73 bits per heavy atom. The van der Waals surface area contributed by atoms with Crippen LogP contribution in [0.25, 0.3) is 11.2 Å². The maximum atomic E-state index is 12.9. The molecular weight excluding hydrogens is 427 g/mol. The van der Waals surface area contributed by atoms with Gasteiger partial charge in [-0.25, -0.2) is 14.4 Å². The molecule has 0 atom stereocenters. The predicted octanol–water partition coefficient (Wildman–Crippen LogP) is 4.15. The minimum absolute atomic E-state index is 0.207. The molecule has 4 rings (SSSR count). The van der Waals surface area contributed by atoms with Crippen molar-refractivity contribution in [2.24, 2.45) is 7.05 Å². The number of hydrogen-bond donors (Lipinski definition) is 2. The van der Waals surface area contributed by atoms with Gasteiger partial charge in [-0.1, -0.05) is 13.8 Å². The molecule has 4 heterocycles. The Morgan fingerprint density at radius 2 is 2.00 bits per heavy atom. The number of imidazole rings is 1. The fourth-order valence-corrected chi connectivity index (χ4v) is 3.41. The normalized spacial score (nSPS) is 11.2. The van der Waals surface area contributed by atoms with Gasteiger partial charge in [0.25, 0.3) is 0 Å². The molecular formula is C22H25FN8O2. The zero-order chi connectivity index (χ0) is 23.5. The van der Waals surface area contributed by atoms with E-state index in [-0.39, 0.29) is 18.4 Å². The Hall–Kier alpha value is -4.02. The summed E-state index contributed by atoms with van der Waals surface area (Å²) in [5.41, 5.74) is 2.23. The number of alkyl halides is 1. The number of halogens is 1. The number of anilines is 3. The van der Waals surface area contributed by atoms with Crippen LogP contribution in [-0.2, 0) is 18.4 Å². The third-order valence-electron chi connectivity index (χ3n) is 4.92. The number of nitrogens with one attached hydrogen (secondary N) is 2. The van der Waals surface area contributed by atoms with Crippen molar-refractivity contribution >= 4 is 34.7 Å². The standard InChI is InChI=1S/C22H25FN8O2/c1-13(2)17-11-20(29-31(17)8-6-23)27-22-28-21-18(30(22)4)9-16(12-25-21)33-15-5-7-24-19(10-15)26-14(3)32/h5,7,9-13H,6,8H2,1-4H3,(H,24,26,32)(H,25,27,28,29). The van der Waals surface area contributed by atoms with Crippen LogP contribution in [0.2, 0.25) is 0 Å². The number of ether oxygens (including phenoxy) is 1. The molecule has 11 heteroatoms. The maximum absolute atomic E-state index is 12.9. The lowest BCUT2D eigenvalue weighted by molar-refractivity contribution is -0.114. The van der Waals surface area contributed by atoms with Gasteiger partial charge in [-0.15, -0.1) is 0 Å². The molecule has 0 radical (unpaired) electrons. The number of aromatic nitrogens is 6. The lowest BCUT2D eigenvalue weighted by Gasteiger charge is -2.07. The summed E-state index contributed by atoms with van der Waals surface area (Å²) in [5.74, 6) is 2.54. The highest BCUT2D eigenvalue weighted by Crippen LogP contribution is 2.28. The lowest BCUT2D eigenvalue weighted by atomic mass is 10.1. The van der Waals surface area contributed by atoms with Crippen molar-refractivity contribution < 1.29 is 13.9 Å². The number of pyridine rings is 2. The number of nitrogens with zero attached hydrogens (tertiary/aromatic N) is 6. The maximum Gasteiger partial charge on any atom is 0.222 e. The van der Waals surface area contributed by atoms with E-state index in [1.807, 2.05) is 37.6 Å². The summed E-state index contributed by atoms with van der Waals surface area (Å²) in [5, 5.41) is 10.3. The molecule has 172 valence electrons. The van der Waals surface area contributed by atoms with E-state index in [2.05, 4.69) is 30.7 Å². The molecule has 1 amide bonds. The molecule has 0 unspecified atom stereocenters. The highest BCUT2D eigenvalue weighted by Gasteiger charge is 2.15. The van der Waals surface area contributed by atoms with Crippen molar-refractivity contribution in [3.63, 3.8) is 0 Å². The number of carbonyl (C=O) groups is 1. The molecule has 0 fully saturated rings. The molecule has 0 bridgehead atoms. The monoisotopic (exact) mass is 452 g/mol. The van der Waals surface area contributed by atoms with Crippen LogP contribution >= 0.6 is 0 Å². The summed E-state index contributed by atoms with van der Waals surface area (Å²) >= 11 is 0. The van der Waals surface area contributed by atoms with Gasteiger partial charge >= 0.3 is 0 Å². The molecule has 0 aliphatic rings. The van der Waals surface area contributed by atoms with E-state index in [1.165, 1.54) is 6.92 Å². The topological polar surface area (TPSA) is 112 Å². The highest BCUT2D eigenvalue weighted by molar-refractivity contribution is 5.87.